The van der Waals surface area contributed by atoms with Gasteiger partial charge in [-0.25, -0.2) is 4.98 Å². The molecule has 7 heteroatoms. The number of aromatic nitrogens is 1. The van der Waals surface area contributed by atoms with Gasteiger partial charge in [0.15, 0.2) is 0 Å². The van der Waals surface area contributed by atoms with Crippen LogP contribution in [0.25, 0.3) is 5.70 Å². The maximum Gasteiger partial charge on any atom is 0.419 e. The van der Waals surface area contributed by atoms with Crippen LogP contribution in [0.15, 0.2) is 67.2 Å². The summed E-state index contributed by atoms with van der Waals surface area (Å²) in [6.45, 7) is 6.21. The Morgan fingerprint density at radius 1 is 1.10 bits per heavy atom. The minimum Gasteiger partial charge on any atom is -0.457 e. The Morgan fingerprint density at radius 3 is 2.59 bits per heavy atom. The monoisotopic (exact) mass is 399 g/mol. The summed E-state index contributed by atoms with van der Waals surface area (Å²) in [5, 5.41) is 3.15. The van der Waals surface area contributed by atoms with Gasteiger partial charge < -0.3 is 15.8 Å². The van der Waals surface area contributed by atoms with Crippen molar-refractivity contribution in [2.24, 2.45) is 0 Å². The van der Waals surface area contributed by atoms with Gasteiger partial charge in [-0.05, 0) is 48.9 Å². The van der Waals surface area contributed by atoms with Crippen LogP contribution in [-0.2, 0) is 12.7 Å². The van der Waals surface area contributed by atoms with Gasteiger partial charge in [0, 0.05) is 23.5 Å². The van der Waals surface area contributed by atoms with Crippen molar-refractivity contribution in [1.29, 1.82) is 0 Å². The molecule has 0 amide bonds. The maximum absolute atomic E-state index is 13.1. The van der Waals surface area contributed by atoms with Crippen molar-refractivity contribution in [3.05, 3.63) is 89.6 Å². The van der Waals surface area contributed by atoms with E-state index < -0.39 is 11.7 Å². The molecule has 0 radical (unpaired) electrons. The number of nitrogens with two attached hydrogens (primary N) is 1. The summed E-state index contributed by atoms with van der Waals surface area (Å²) in [7, 11) is 0. The normalized spacial score (nSPS) is 11.2. The van der Waals surface area contributed by atoms with E-state index in [9.17, 15) is 13.2 Å². The summed E-state index contributed by atoms with van der Waals surface area (Å²) < 4.78 is 44.9. The number of rotatable bonds is 6. The van der Waals surface area contributed by atoms with Gasteiger partial charge in [0.25, 0.3) is 0 Å². The zero-order valence-electron chi connectivity index (χ0n) is 15.8. The lowest BCUT2D eigenvalue weighted by Gasteiger charge is -2.15. The molecule has 3 rings (SSSR count). The molecule has 0 fully saturated rings. The van der Waals surface area contributed by atoms with Crippen LogP contribution in [0.2, 0.25) is 0 Å². The number of benzene rings is 2. The van der Waals surface area contributed by atoms with Crippen LogP contribution in [0, 0.1) is 6.92 Å². The number of nitrogens with one attached hydrogen (secondary N) is 1. The molecule has 3 aromatic rings. The second-order valence-corrected chi connectivity index (χ2v) is 6.46. The molecule has 0 saturated carbocycles. The van der Waals surface area contributed by atoms with E-state index in [1.165, 1.54) is 18.2 Å². The number of aryl methyl sites for hydroxylation is 1. The van der Waals surface area contributed by atoms with Gasteiger partial charge in [-0.1, -0.05) is 30.8 Å². The van der Waals surface area contributed by atoms with Crippen LogP contribution in [0.3, 0.4) is 0 Å². The molecule has 29 heavy (non-hydrogen) atoms. The number of para-hydroxylation sites is 1. The number of pyridine rings is 1. The number of nitrogens with zero attached hydrogens (tertiary/aromatic N) is 1. The van der Waals surface area contributed by atoms with Crippen molar-refractivity contribution in [1.82, 2.24) is 10.3 Å². The maximum atomic E-state index is 13.1. The van der Waals surface area contributed by atoms with Crippen molar-refractivity contribution < 1.29 is 17.9 Å². The molecule has 0 unspecified atom stereocenters. The van der Waals surface area contributed by atoms with Gasteiger partial charge in [-0.3, -0.25) is 0 Å². The summed E-state index contributed by atoms with van der Waals surface area (Å²) >= 11 is 0. The summed E-state index contributed by atoms with van der Waals surface area (Å²) in [4.78, 5) is 4.20. The van der Waals surface area contributed by atoms with E-state index in [4.69, 9.17) is 10.5 Å². The van der Waals surface area contributed by atoms with E-state index in [0.717, 1.165) is 17.3 Å². The standard InChI is InChI=1S/C22H20F3N3O/c1-14-10-11-18(21(26)28-14)15(2)27-13-16-6-5-7-17(12-16)29-20-9-4-3-8-19(20)22(23,24)25/h3-12,27H,2,13H2,1H3,(H2,26,28). The van der Waals surface area contributed by atoms with E-state index in [2.05, 4.69) is 16.9 Å². The molecule has 1 heterocycles. The molecule has 0 bridgehead atoms. The van der Waals surface area contributed by atoms with Crippen LogP contribution in [0.4, 0.5) is 19.0 Å². The predicted octanol–water partition coefficient (Wildman–Crippen LogP) is 5.54. The first-order chi connectivity index (χ1) is 13.7. The highest BCUT2D eigenvalue weighted by atomic mass is 19.4. The van der Waals surface area contributed by atoms with Crippen molar-refractivity contribution in [3.8, 4) is 11.5 Å². The number of halogens is 3. The number of hydrogen-bond donors (Lipinski definition) is 2. The quantitative estimate of drug-likeness (QED) is 0.571. The fraction of sp³-hybridized carbons (Fsp3) is 0.136. The van der Waals surface area contributed by atoms with Gasteiger partial charge in [0.2, 0.25) is 0 Å². The van der Waals surface area contributed by atoms with Crippen LogP contribution in [0.1, 0.15) is 22.4 Å². The van der Waals surface area contributed by atoms with E-state index in [0.29, 0.717) is 29.4 Å². The zero-order valence-corrected chi connectivity index (χ0v) is 15.8. The molecule has 0 aliphatic rings. The number of hydrogen-bond acceptors (Lipinski definition) is 4. The van der Waals surface area contributed by atoms with E-state index in [1.807, 2.05) is 25.1 Å². The second-order valence-electron chi connectivity index (χ2n) is 6.46. The lowest BCUT2D eigenvalue weighted by Crippen LogP contribution is -2.13. The lowest BCUT2D eigenvalue weighted by atomic mass is 10.1. The molecule has 0 spiro atoms. The van der Waals surface area contributed by atoms with E-state index in [-0.39, 0.29) is 5.75 Å². The fourth-order valence-corrected chi connectivity index (χ4v) is 2.77. The van der Waals surface area contributed by atoms with Gasteiger partial charge in [0.05, 0.1) is 5.56 Å². The minimum absolute atomic E-state index is 0.243. The highest BCUT2D eigenvalue weighted by Gasteiger charge is 2.34. The molecule has 0 aliphatic carbocycles. The van der Waals surface area contributed by atoms with Crippen LogP contribution < -0.4 is 15.8 Å². The number of nitrogen functional groups attached to an aromatic ring is 1. The smallest absolute Gasteiger partial charge is 0.419 e. The van der Waals surface area contributed by atoms with Crippen LogP contribution in [-0.4, -0.2) is 4.98 Å². The molecular formula is C22H20F3N3O. The highest BCUT2D eigenvalue weighted by molar-refractivity contribution is 5.70. The van der Waals surface area contributed by atoms with E-state index in [1.54, 1.807) is 18.2 Å². The topological polar surface area (TPSA) is 60.2 Å². The SMILES string of the molecule is C=C(NCc1cccc(Oc2ccccc2C(F)(F)F)c1)c1ccc(C)nc1N. The molecule has 2 aromatic carbocycles. The molecule has 0 aliphatic heterocycles. The largest absolute Gasteiger partial charge is 0.457 e. The fourth-order valence-electron chi connectivity index (χ4n) is 2.77. The minimum atomic E-state index is -4.49. The lowest BCUT2D eigenvalue weighted by molar-refractivity contribution is -0.138. The summed E-state index contributed by atoms with van der Waals surface area (Å²) in [5.74, 6) is 0.444. The first kappa shape index (κ1) is 20.3. The average molecular weight is 399 g/mol. The molecule has 1 aromatic heterocycles. The van der Waals surface area contributed by atoms with Crippen molar-refractivity contribution in [2.75, 3.05) is 5.73 Å². The molecule has 4 nitrogen and oxygen atoms in total. The molecule has 0 saturated heterocycles. The molecule has 150 valence electrons. The third-order valence-corrected chi connectivity index (χ3v) is 4.21. The number of anilines is 1. The number of alkyl halides is 3. The average Bonchev–Trinajstić information content (AvgIpc) is 2.66. The van der Waals surface area contributed by atoms with Crippen molar-refractivity contribution >= 4 is 11.5 Å². The molecule has 0 atom stereocenters. The summed E-state index contributed by atoms with van der Waals surface area (Å²) in [6.07, 6.45) is -4.49. The second kappa shape index (κ2) is 8.26. The van der Waals surface area contributed by atoms with Gasteiger partial charge in [-0.2, -0.15) is 13.2 Å². The highest BCUT2D eigenvalue weighted by Crippen LogP contribution is 2.37. The van der Waals surface area contributed by atoms with Crippen molar-refractivity contribution in [2.45, 2.75) is 19.6 Å². The summed E-state index contributed by atoms with van der Waals surface area (Å²) in [6, 6.07) is 15.6. The van der Waals surface area contributed by atoms with Gasteiger partial charge >= 0.3 is 6.18 Å². The first-order valence-corrected chi connectivity index (χ1v) is 8.83. The Morgan fingerprint density at radius 2 is 1.86 bits per heavy atom. The Balaban J connectivity index is 1.71. The predicted molar refractivity (Wildman–Crippen MR) is 107 cm³/mol. The van der Waals surface area contributed by atoms with E-state index >= 15 is 0 Å². The van der Waals surface area contributed by atoms with Gasteiger partial charge in [0.1, 0.15) is 17.3 Å². The first-order valence-electron chi connectivity index (χ1n) is 8.83. The molecular weight excluding hydrogens is 379 g/mol. The van der Waals surface area contributed by atoms with Gasteiger partial charge in [-0.15, -0.1) is 0 Å². The Bertz CT molecular complexity index is 1030. The number of ether oxygens (including phenoxy) is 1. The Hall–Kier alpha value is -3.48. The molecule has 3 N–H and O–H groups in total. The summed E-state index contributed by atoms with van der Waals surface area (Å²) in [5.41, 5.74) is 8.02. The third-order valence-electron chi connectivity index (χ3n) is 4.21. The Kier molecular flexibility index (Phi) is 5.77. The van der Waals surface area contributed by atoms with Crippen LogP contribution >= 0.6 is 0 Å². The zero-order chi connectivity index (χ0) is 21.0. The third kappa shape index (κ3) is 5.07. The Labute approximate surface area is 166 Å². The van der Waals surface area contributed by atoms with Crippen LogP contribution in [0.5, 0.6) is 11.5 Å². The van der Waals surface area contributed by atoms with Crippen molar-refractivity contribution in [3.63, 3.8) is 0 Å².